The summed E-state index contributed by atoms with van der Waals surface area (Å²) in [5, 5.41) is 5.55. The second-order valence-corrected chi connectivity index (χ2v) is 5.30. The van der Waals surface area contributed by atoms with E-state index in [2.05, 4.69) is 15.6 Å². The highest BCUT2D eigenvalue weighted by atomic mass is 16.2. The highest BCUT2D eigenvalue weighted by Crippen LogP contribution is 2.20. The van der Waals surface area contributed by atoms with Crippen LogP contribution in [0.1, 0.15) is 24.0 Å². The molecule has 5 heteroatoms. The third-order valence-electron chi connectivity index (χ3n) is 3.48. The van der Waals surface area contributed by atoms with Crippen molar-refractivity contribution in [3.8, 4) is 0 Å². The molecule has 2 N–H and O–H groups in total. The van der Waals surface area contributed by atoms with Crippen LogP contribution in [0.5, 0.6) is 0 Å². The molecule has 0 fully saturated rings. The summed E-state index contributed by atoms with van der Waals surface area (Å²) in [6.45, 7) is 2.29. The number of carbonyl (C=O) groups excluding carboxylic acids is 2. The number of rotatable bonds is 7. The Morgan fingerprint density at radius 3 is 2.43 bits per heavy atom. The summed E-state index contributed by atoms with van der Waals surface area (Å²) in [5.41, 5.74) is 1.98. The second-order valence-electron chi connectivity index (χ2n) is 5.30. The molecular formula is C18H21N3O2. The van der Waals surface area contributed by atoms with Crippen LogP contribution in [0.15, 0.2) is 54.9 Å². The zero-order valence-corrected chi connectivity index (χ0v) is 13.2. The van der Waals surface area contributed by atoms with E-state index in [4.69, 9.17) is 0 Å². The van der Waals surface area contributed by atoms with Crippen molar-refractivity contribution >= 4 is 11.8 Å². The maximum absolute atomic E-state index is 12.5. The van der Waals surface area contributed by atoms with E-state index in [-0.39, 0.29) is 17.7 Å². The van der Waals surface area contributed by atoms with Crippen LogP contribution in [-0.2, 0) is 16.0 Å². The molecule has 2 amide bonds. The van der Waals surface area contributed by atoms with Crippen molar-refractivity contribution in [2.24, 2.45) is 0 Å². The lowest BCUT2D eigenvalue weighted by Crippen LogP contribution is -2.36. The van der Waals surface area contributed by atoms with Crippen LogP contribution in [-0.4, -0.2) is 29.9 Å². The van der Waals surface area contributed by atoms with E-state index >= 15 is 0 Å². The van der Waals surface area contributed by atoms with Crippen molar-refractivity contribution < 1.29 is 9.59 Å². The van der Waals surface area contributed by atoms with E-state index in [1.807, 2.05) is 42.5 Å². The molecule has 1 unspecified atom stereocenters. The van der Waals surface area contributed by atoms with E-state index in [1.165, 1.54) is 6.92 Å². The van der Waals surface area contributed by atoms with E-state index in [1.54, 1.807) is 12.4 Å². The Bertz CT molecular complexity index is 629. The molecule has 1 aromatic carbocycles. The third-order valence-corrected chi connectivity index (χ3v) is 3.48. The maximum Gasteiger partial charge on any atom is 0.227 e. The molecule has 0 bridgehead atoms. The summed E-state index contributed by atoms with van der Waals surface area (Å²) in [6, 6.07) is 13.5. The van der Waals surface area contributed by atoms with Gasteiger partial charge in [-0.2, -0.15) is 0 Å². The van der Waals surface area contributed by atoms with Gasteiger partial charge in [-0.3, -0.25) is 14.6 Å². The number of benzene rings is 1. The highest BCUT2D eigenvalue weighted by Gasteiger charge is 2.20. The number of hydrogen-bond acceptors (Lipinski definition) is 3. The predicted octanol–water partition coefficient (Wildman–Crippen LogP) is 1.66. The van der Waals surface area contributed by atoms with Crippen LogP contribution in [0, 0.1) is 0 Å². The fourth-order valence-corrected chi connectivity index (χ4v) is 2.35. The van der Waals surface area contributed by atoms with Crippen molar-refractivity contribution in [1.29, 1.82) is 0 Å². The summed E-state index contributed by atoms with van der Waals surface area (Å²) < 4.78 is 0. The average Bonchev–Trinajstić information content (AvgIpc) is 2.58. The molecule has 0 aliphatic rings. The zero-order valence-electron chi connectivity index (χ0n) is 13.2. The molecule has 2 aromatic rings. The van der Waals surface area contributed by atoms with Gasteiger partial charge >= 0.3 is 0 Å². The van der Waals surface area contributed by atoms with Crippen LogP contribution in [0.2, 0.25) is 0 Å². The Morgan fingerprint density at radius 2 is 1.78 bits per heavy atom. The molecule has 0 aliphatic carbocycles. The van der Waals surface area contributed by atoms with Gasteiger partial charge in [0.05, 0.1) is 5.92 Å². The lowest BCUT2D eigenvalue weighted by molar-refractivity contribution is -0.123. The largest absolute Gasteiger partial charge is 0.355 e. The summed E-state index contributed by atoms with van der Waals surface area (Å²) in [7, 11) is 0. The standard InChI is InChI=1S/C18H21N3O2/c1-14(22)20-10-11-21-18(23)17(16-7-3-2-4-8-16)12-15-6-5-9-19-13-15/h2-9,13,17H,10-12H2,1H3,(H,20,22)(H,21,23). The third kappa shape index (κ3) is 5.54. The van der Waals surface area contributed by atoms with Crippen LogP contribution in [0.25, 0.3) is 0 Å². The zero-order chi connectivity index (χ0) is 16.5. The topological polar surface area (TPSA) is 71.1 Å². The van der Waals surface area contributed by atoms with Gasteiger partial charge < -0.3 is 10.6 Å². The van der Waals surface area contributed by atoms with Crippen LogP contribution in [0.4, 0.5) is 0 Å². The Balaban J connectivity index is 2.04. The SMILES string of the molecule is CC(=O)NCCNC(=O)C(Cc1cccnc1)c1ccccc1. The van der Waals surface area contributed by atoms with Crippen molar-refractivity contribution in [2.45, 2.75) is 19.3 Å². The summed E-state index contributed by atoms with van der Waals surface area (Å²) in [6.07, 6.45) is 4.08. The molecule has 23 heavy (non-hydrogen) atoms. The molecule has 0 aliphatic heterocycles. The van der Waals surface area contributed by atoms with Gasteiger partial charge in [-0.15, -0.1) is 0 Å². The number of carbonyl (C=O) groups is 2. The van der Waals surface area contributed by atoms with Crippen molar-refractivity contribution in [3.05, 3.63) is 66.0 Å². The first-order valence-corrected chi connectivity index (χ1v) is 7.63. The maximum atomic E-state index is 12.5. The molecule has 0 radical (unpaired) electrons. The Labute approximate surface area is 136 Å². The molecule has 120 valence electrons. The number of amides is 2. The number of nitrogens with one attached hydrogen (secondary N) is 2. The average molecular weight is 311 g/mol. The summed E-state index contributed by atoms with van der Waals surface area (Å²) >= 11 is 0. The monoisotopic (exact) mass is 311 g/mol. The van der Waals surface area contributed by atoms with E-state index in [0.29, 0.717) is 19.5 Å². The molecule has 1 heterocycles. The first kappa shape index (κ1) is 16.7. The number of aromatic nitrogens is 1. The van der Waals surface area contributed by atoms with Gasteiger partial charge in [-0.25, -0.2) is 0 Å². The summed E-state index contributed by atoms with van der Waals surface area (Å²) in [4.78, 5) is 27.5. The summed E-state index contributed by atoms with van der Waals surface area (Å²) in [5.74, 6) is -0.433. The lowest BCUT2D eigenvalue weighted by atomic mass is 9.92. The molecule has 2 rings (SSSR count). The van der Waals surface area contributed by atoms with Gasteiger partial charge in [0.2, 0.25) is 11.8 Å². The lowest BCUT2D eigenvalue weighted by Gasteiger charge is -2.17. The molecule has 0 spiro atoms. The van der Waals surface area contributed by atoms with E-state index in [9.17, 15) is 9.59 Å². The van der Waals surface area contributed by atoms with E-state index in [0.717, 1.165) is 11.1 Å². The van der Waals surface area contributed by atoms with Gasteiger partial charge in [0, 0.05) is 32.4 Å². The van der Waals surface area contributed by atoms with Crippen LogP contribution in [0.3, 0.4) is 0 Å². The van der Waals surface area contributed by atoms with Gasteiger partial charge in [0.1, 0.15) is 0 Å². The van der Waals surface area contributed by atoms with Crippen LogP contribution >= 0.6 is 0 Å². The fraction of sp³-hybridized carbons (Fsp3) is 0.278. The van der Waals surface area contributed by atoms with Crippen molar-refractivity contribution in [3.63, 3.8) is 0 Å². The first-order chi connectivity index (χ1) is 11.2. The molecule has 0 saturated carbocycles. The molecule has 1 aromatic heterocycles. The quantitative estimate of drug-likeness (QED) is 0.764. The number of nitrogens with zero attached hydrogens (tertiary/aromatic N) is 1. The minimum atomic E-state index is -0.280. The predicted molar refractivity (Wildman–Crippen MR) is 88.8 cm³/mol. The second kappa shape index (κ2) is 8.68. The molecule has 0 saturated heterocycles. The minimum absolute atomic E-state index is 0.0506. The molecule has 5 nitrogen and oxygen atoms in total. The van der Waals surface area contributed by atoms with Gasteiger partial charge in [-0.1, -0.05) is 36.4 Å². The highest BCUT2D eigenvalue weighted by molar-refractivity contribution is 5.84. The first-order valence-electron chi connectivity index (χ1n) is 7.63. The Morgan fingerprint density at radius 1 is 1.04 bits per heavy atom. The van der Waals surface area contributed by atoms with Gasteiger partial charge in [-0.05, 0) is 23.6 Å². The van der Waals surface area contributed by atoms with Crippen LogP contribution < -0.4 is 10.6 Å². The molecular weight excluding hydrogens is 290 g/mol. The van der Waals surface area contributed by atoms with Gasteiger partial charge in [0.15, 0.2) is 0 Å². The van der Waals surface area contributed by atoms with Gasteiger partial charge in [0.25, 0.3) is 0 Å². The normalized spacial score (nSPS) is 11.5. The number of pyridine rings is 1. The Kier molecular flexibility index (Phi) is 6.29. The number of hydrogen-bond donors (Lipinski definition) is 2. The smallest absolute Gasteiger partial charge is 0.227 e. The Hall–Kier alpha value is -2.69. The molecule has 1 atom stereocenters. The van der Waals surface area contributed by atoms with Crippen molar-refractivity contribution in [1.82, 2.24) is 15.6 Å². The minimum Gasteiger partial charge on any atom is -0.355 e. The fourth-order valence-electron chi connectivity index (χ4n) is 2.35. The van der Waals surface area contributed by atoms with Crippen molar-refractivity contribution in [2.75, 3.05) is 13.1 Å². The van der Waals surface area contributed by atoms with E-state index < -0.39 is 0 Å².